The average molecular weight is 202 g/mol. The van der Waals surface area contributed by atoms with Crippen molar-refractivity contribution in [3.63, 3.8) is 0 Å². The van der Waals surface area contributed by atoms with Crippen molar-refractivity contribution in [3.8, 4) is 0 Å². The van der Waals surface area contributed by atoms with Gasteiger partial charge in [-0.15, -0.1) is 0 Å². The Balaban J connectivity index is 2.41. The number of carbonyl (C=O) groups excluding carboxylic acids is 1. The van der Waals surface area contributed by atoms with Crippen molar-refractivity contribution in [2.75, 3.05) is 7.11 Å². The second-order valence-electron chi connectivity index (χ2n) is 4.48. The molecule has 0 N–H and O–H groups in total. The van der Waals surface area contributed by atoms with Crippen LogP contribution in [0.25, 0.3) is 0 Å². The number of carbonyl (C=O) groups is 1. The van der Waals surface area contributed by atoms with Crippen molar-refractivity contribution in [3.05, 3.63) is 0 Å². The van der Waals surface area contributed by atoms with Crippen LogP contribution in [0.2, 0.25) is 19.6 Å². The fraction of sp³-hybridized carbons (Fsp3) is 0.889. The van der Waals surface area contributed by atoms with E-state index in [0.717, 1.165) is 12.8 Å². The first-order chi connectivity index (χ1) is 5.94. The molecule has 13 heavy (non-hydrogen) atoms. The van der Waals surface area contributed by atoms with Gasteiger partial charge in [-0.1, -0.05) is 0 Å². The maximum atomic E-state index is 11.2. The summed E-state index contributed by atoms with van der Waals surface area (Å²) in [6, 6.07) is 0. The van der Waals surface area contributed by atoms with Crippen LogP contribution in [0, 0.1) is 5.92 Å². The van der Waals surface area contributed by atoms with Gasteiger partial charge in [0.1, 0.15) is 0 Å². The minimum absolute atomic E-state index is 0.00303. The number of methoxy groups -OCH3 is 1. The third kappa shape index (κ3) is 2.81. The molecule has 1 rings (SSSR count). The zero-order valence-electron chi connectivity index (χ0n) is 8.79. The lowest BCUT2D eigenvalue weighted by Crippen LogP contribution is -2.45. The van der Waals surface area contributed by atoms with E-state index < -0.39 is 8.32 Å². The third-order valence-electron chi connectivity index (χ3n) is 2.22. The normalized spacial score (nSPS) is 28.0. The highest BCUT2D eigenvalue weighted by Crippen LogP contribution is 2.33. The fourth-order valence-corrected chi connectivity index (χ4v) is 2.68. The Morgan fingerprint density at radius 2 is 1.92 bits per heavy atom. The molecule has 0 bridgehead atoms. The molecule has 0 saturated heterocycles. The summed E-state index contributed by atoms with van der Waals surface area (Å²) in [5.74, 6) is -0.119. The molecule has 0 unspecified atom stereocenters. The Hall–Kier alpha value is -0.353. The van der Waals surface area contributed by atoms with Crippen molar-refractivity contribution >= 4 is 14.3 Å². The van der Waals surface area contributed by atoms with E-state index in [0.29, 0.717) is 0 Å². The lowest BCUT2D eigenvalue weighted by molar-refractivity contribution is -0.154. The first-order valence-electron chi connectivity index (χ1n) is 4.69. The van der Waals surface area contributed by atoms with Gasteiger partial charge in [0.2, 0.25) is 0 Å². The molecule has 4 heteroatoms. The third-order valence-corrected chi connectivity index (χ3v) is 3.23. The van der Waals surface area contributed by atoms with E-state index >= 15 is 0 Å². The van der Waals surface area contributed by atoms with Crippen LogP contribution in [0.5, 0.6) is 0 Å². The summed E-state index contributed by atoms with van der Waals surface area (Å²) >= 11 is 0. The van der Waals surface area contributed by atoms with E-state index in [1.807, 2.05) is 0 Å². The summed E-state index contributed by atoms with van der Waals surface area (Å²) in [5.41, 5.74) is 0. The largest absolute Gasteiger partial charge is 0.469 e. The Labute approximate surface area is 80.5 Å². The van der Waals surface area contributed by atoms with Gasteiger partial charge in [0.25, 0.3) is 0 Å². The van der Waals surface area contributed by atoms with Gasteiger partial charge in [0, 0.05) is 0 Å². The summed E-state index contributed by atoms with van der Waals surface area (Å²) in [6.45, 7) is 6.42. The van der Waals surface area contributed by atoms with Gasteiger partial charge in [0.15, 0.2) is 8.32 Å². The SMILES string of the molecule is COC(=O)[C@@H]1CC[C@H]1O[Si](C)(C)C. The molecule has 0 aromatic heterocycles. The second-order valence-corrected chi connectivity index (χ2v) is 8.94. The number of hydrogen-bond acceptors (Lipinski definition) is 3. The monoisotopic (exact) mass is 202 g/mol. The van der Waals surface area contributed by atoms with Crippen molar-refractivity contribution in [1.29, 1.82) is 0 Å². The summed E-state index contributed by atoms with van der Waals surface area (Å²) in [4.78, 5) is 11.2. The molecule has 1 fully saturated rings. The molecule has 1 saturated carbocycles. The Morgan fingerprint density at radius 1 is 1.31 bits per heavy atom. The zero-order valence-corrected chi connectivity index (χ0v) is 9.79. The van der Waals surface area contributed by atoms with Crippen LogP contribution in [-0.2, 0) is 14.0 Å². The lowest BCUT2D eigenvalue weighted by atomic mass is 9.82. The molecule has 1 aliphatic rings. The van der Waals surface area contributed by atoms with Gasteiger partial charge in [-0.3, -0.25) is 4.79 Å². The smallest absolute Gasteiger partial charge is 0.311 e. The highest BCUT2D eigenvalue weighted by molar-refractivity contribution is 6.69. The lowest BCUT2D eigenvalue weighted by Gasteiger charge is -2.38. The van der Waals surface area contributed by atoms with E-state index in [9.17, 15) is 4.79 Å². The van der Waals surface area contributed by atoms with Gasteiger partial charge in [0.05, 0.1) is 19.1 Å². The molecule has 0 aromatic rings. The van der Waals surface area contributed by atoms with Crippen LogP contribution in [0.15, 0.2) is 0 Å². The molecule has 0 heterocycles. The maximum Gasteiger partial charge on any atom is 0.311 e. The molecule has 0 aliphatic heterocycles. The molecule has 0 aromatic carbocycles. The topological polar surface area (TPSA) is 35.5 Å². The molecule has 2 atom stereocenters. The van der Waals surface area contributed by atoms with E-state index in [1.54, 1.807) is 0 Å². The van der Waals surface area contributed by atoms with Crippen LogP contribution in [0.4, 0.5) is 0 Å². The molecule has 1 aliphatic carbocycles. The summed E-state index contributed by atoms with van der Waals surface area (Å²) in [7, 11) is -0.0615. The van der Waals surface area contributed by atoms with E-state index in [1.165, 1.54) is 7.11 Å². The molecule has 76 valence electrons. The van der Waals surface area contributed by atoms with Gasteiger partial charge in [-0.25, -0.2) is 0 Å². The zero-order chi connectivity index (χ0) is 10.1. The first kappa shape index (κ1) is 10.7. The fourth-order valence-electron chi connectivity index (χ4n) is 1.49. The molecule has 0 radical (unpaired) electrons. The van der Waals surface area contributed by atoms with E-state index in [2.05, 4.69) is 19.6 Å². The summed E-state index contributed by atoms with van der Waals surface area (Å²) < 4.78 is 10.5. The molecule has 0 spiro atoms. The number of hydrogen-bond donors (Lipinski definition) is 0. The van der Waals surface area contributed by atoms with Crippen LogP contribution in [0.3, 0.4) is 0 Å². The van der Waals surface area contributed by atoms with Crippen molar-refractivity contribution in [1.82, 2.24) is 0 Å². The van der Waals surface area contributed by atoms with Gasteiger partial charge in [-0.05, 0) is 32.5 Å². The molecule has 0 amide bonds. The summed E-state index contributed by atoms with van der Waals surface area (Å²) in [6.07, 6.45) is 2.05. The quantitative estimate of drug-likeness (QED) is 0.517. The minimum atomic E-state index is -1.50. The predicted octanol–water partition coefficient (Wildman–Crippen LogP) is 1.79. The van der Waals surface area contributed by atoms with Crippen LogP contribution in [-0.4, -0.2) is 27.5 Å². The Kier molecular flexibility index (Phi) is 3.13. The number of ether oxygens (including phenoxy) is 1. The predicted molar refractivity (Wildman–Crippen MR) is 53.0 cm³/mol. The van der Waals surface area contributed by atoms with Gasteiger partial charge in [-0.2, -0.15) is 0 Å². The Bertz CT molecular complexity index is 198. The van der Waals surface area contributed by atoms with Crippen LogP contribution < -0.4 is 0 Å². The summed E-state index contributed by atoms with van der Waals surface area (Å²) in [5, 5.41) is 0. The molecule has 3 nitrogen and oxygen atoms in total. The van der Waals surface area contributed by atoms with E-state index in [-0.39, 0.29) is 18.0 Å². The van der Waals surface area contributed by atoms with Crippen LogP contribution >= 0.6 is 0 Å². The van der Waals surface area contributed by atoms with Gasteiger partial charge >= 0.3 is 5.97 Å². The first-order valence-corrected chi connectivity index (χ1v) is 8.10. The Morgan fingerprint density at radius 3 is 2.23 bits per heavy atom. The average Bonchev–Trinajstić information content (AvgIpc) is 1.96. The van der Waals surface area contributed by atoms with Crippen molar-refractivity contribution in [2.24, 2.45) is 5.92 Å². The van der Waals surface area contributed by atoms with E-state index in [4.69, 9.17) is 9.16 Å². The maximum absolute atomic E-state index is 11.2. The minimum Gasteiger partial charge on any atom is -0.469 e. The highest BCUT2D eigenvalue weighted by atomic mass is 28.4. The van der Waals surface area contributed by atoms with Gasteiger partial charge < -0.3 is 9.16 Å². The molecular weight excluding hydrogens is 184 g/mol. The number of rotatable bonds is 3. The van der Waals surface area contributed by atoms with Crippen LogP contribution in [0.1, 0.15) is 12.8 Å². The standard InChI is InChI=1S/C9H18O3Si/c1-11-9(10)7-5-6-8(7)12-13(2,3)4/h7-8H,5-6H2,1-4H3/t7-,8-/m1/s1. The van der Waals surface area contributed by atoms with Crippen molar-refractivity contribution in [2.45, 2.75) is 38.6 Å². The van der Waals surface area contributed by atoms with Crippen molar-refractivity contribution < 1.29 is 14.0 Å². The molecular formula is C9H18O3Si. The second kappa shape index (κ2) is 3.80. The number of esters is 1. The highest BCUT2D eigenvalue weighted by Gasteiger charge is 2.40.